The second-order valence-electron chi connectivity index (χ2n) is 8.89. The third-order valence-corrected chi connectivity index (χ3v) is 7.86. The van der Waals surface area contributed by atoms with E-state index in [9.17, 15) is 4.79 Å². The first-order valence-corrected chi connectivity index (χ1v) is 12.3. The van der Waals surface area contributed by atoms with Crippen LogP contribution in [0.2, 0.25) is 0 Å². The lowest BCUT2D eigenvalue weighted by molar-refractivity contribution is 0.0941. The van der Waals surface area contributed by atoms with Crippen LogP contribution in [0.1, 0.15) is 70.0 Å². The van der Waals surface area contributed by atoms with Gasteiger partial charge in [-0.05, 0) is 64.3 Å². The highest BCUT2D eigenvalue weighted by Gasteiger charge is 2.29. The number of amides is 1. The predicted molar refractivity (Wildman–Crippen MR) is 128 cm³/mol. The molecule has 168 valence electrons. The molecule has 7 heteroatoms. The van der Waals surface area contributed by atoms with Gasteiger partial charge in [0, 0.05) is 23.4 Å². The van der Waals surface area contributed by atoms with Crippen LogP contribution in [0.5, 0.6) is 5.75 Å². The number of carbonyl (C=O) groups excluding carboxylic acids is 1. The summed E-state index contributed by atoms with van der Waals surface area (Å²) in [5.41, 5.74) is 3.09. The number of nitrogens with one attached hydrogen (secondary N) is 1. The summed E-state index contributed by atoms with van der Waals surface area (Å²) in [4.78, 5) is 26.9. The number of methoxy groups -OCH3 is 1. The molecule has 1 saturated heterocycles. The smallest absolute Gasteiger partial charge is 0.261 e. The van der Waals surface area contributed by atoms with E-state index >= 15 is 0 Å². The van der Waals surface area contributed by atoms with E-state index in [4.69, 9.17) is 14.7 Å². The standard InChI is InChI=1S/C25H30N4O2S/c1-15-21-16(2)27-23(17-10-11-17)28-25(21)32-22(15)24(30)26-14-19(29-12-6-7-13-29)18-8-4-5-9-20(18)31-3/h4-5,8-9,17,19H,6-7,10-14H2,1-3H3,(H,26,30)/t19-/m0/s1. The van der Waals surface area contributed by atoms with Gasteiger partial charge < -0.3 is 10.1 Å². The first-order chi connectivity index (χ1) is 15.6. The predicted octanol–water partition coefficient (Wildman–Crippen LogP) is 4.76. The van der Waals surface area contributed by atoms with Crippen LogP contribution in [0.15, 0.2) is 24.3 Å². The lowest BCUT2D eigenvalue weighted by atomic mass is 10.0. The topological polar surface area (TPSA) is 67.3 Å². The summed E-state index contributed by atoms with van der Waals surface area (Å²) in [6, 6.07) is 8.22. The number of rotatable bonds is 7. The van der Waals surface area contributed by atoms with Crippen LogP contribution in [0.25, 0.3) is 10.2 Å². The average molecular weight is 451 g/mol. The number of likely N-dealkylation sites (tertiary alicyclic amines) is 1. The van der Waals surface area contributed by atoms with E-state index < -0.39 is 0 Å². The molecule has 2 aromatic heterocycles. The Balaban J connectivity index is 1.40. The Morgan fingerprint density at radius 2 is 1.97 bits per heavy atom. The summed E-state index contributed by atoms with van der Waals surface area (Å²) >= 11 is 1.49. The minimum atomic E-state index is -0.0306. The summed E-state index contributed by atoms with van der Waals surface area (Å²) in [6.07, 6.45) is 4.72. The average Bonchev–Trinajstić information content (AvgIpc) is 3.41. The number of aryl methyl sites for hydroxylation is 2. The van der Waals surface area contributed by atoms with Crippen LogP contribution in [0.3, 0.4) is 0 Å². The number of carbonyl (C=O) groups is 1. The molecule has 3 aromatic rings. The van der Waals surface area contributed by atoms with Gasteiger partial charge in [0.1, 0.15) is 16.4 Å². The molecule has 1 saturated carbocycles. The second kappa shape index (κ2) is 8.79. The van der Waals surface area contributed by atoms with Gasteiger partial charge in [0.2, 0.25) is 0 Å². The van der Waals surface area contributed by atoms with Crippen molar-refractivity contribution < 1.29 is 9.53 Å². The molecule has 32 heavy (non-hydrogen) atoms. The normalized spacial score (nSPS) is 17.6. The van der Waals surface area contributed by atoms with Crippen LogP contribution in [-0.4, -0.2) is 47.5 Å². The molecule has 0 radical (unpaired) electrons. The summed E-state index contributed by atoms with van der Waals surface area (Å²) in [5.74, 6) is 2.28. The fourth-order valence-corrected chi connectivity index (χ4v) is 5.96. The van der Waals surface area contributed by atoms with E-state index in [-0.39, 0.29) is 11.9 Å². The minimum absolute atomic E-state index is 0.0306. The van der Waals surface area contributed by atoms with E-state index in [0.29, 0.717) is 12.5 Å². The first-order valence-electron chi connectivity index (χ1n) is 11.5. The lowest BCUT2D eigenvalue weighted by Gasteiger charge is -2.29. The summed E-state index contributed by atoms with van der Waals surface area (Å²) < 4.78 is 5.63. The molecule has 2 aliphatic rings. The Morgan fingerprint density at radius 3 is 2.69 bits per heavy atom. The highest BCUT2D eigenvalue weighted by Crippen LogP contribution is 2.40. The Hall–Kier alpha value is -2.51. The van der Waals surface area contributed by atoms with Gasteiger partial charge in [0.15, 0.2) is 0 Å². The maximum atomic E-state index is 13.3. The molecule has 6 nitrogen and oxygen atoms in total. The Kier molecular flexibility index (Phi) is 5.86. The van der Waals surface area contributed by atoms with Gasteiger partial charge in [-0.1, -0.05) is 18.2 Å². The van der Waals surface area contributed by atoms with Crippen molar-refractivity contribution >= 4 is 27.5 Å². The number of para-hydroxylation sites is 1. The van der Waals surface area contributed by atoms with Crippen molar-refractivity contribution in [3.8, 4) is 5.75 Å². The third-order valence-electron chi connectivity index (χ3n) is 6.67. The fraction of sp³-hybridized carbons (Fsp3) is 0.480. The molecule has 5 rings (SSSR count). The molecule has 1 aliphatic heterocycles. The van der Waals surface area contributed by atoms with E-state index in [1.807, 2.05) is 32.0 Å². The van der Waals surface area contributed by atoms with Crippen molar-refractivity contribution in [2.45, 2.75) is 51.5 Å². The monoisotopic (exact) mass is 450 g/mol. The zero-order chi connectivity index (χ0) is 22.2. The van der Waals surface area contributed by atoms with Crippen LogP contribution in [0, 0.1) is 13.8 Å². The van der Waals surface area contributed by atoms with Gasteiger partial charge in [-0.3, -0.25) is 9.69 Å². The van der Waals surface area contributed by atoms with Crippen molar-refractivity contribution in [2.75, 3.05) is 26.7 Å². The molecule has 0 bridgehead atoms. The third kappa shape index (κ3) is 3.99. The highest BCUT2D eigenvalue weighted by molar-refractivity contribution is 7.20. The van der Waals surface area contributed by atoms with Crippen molar-refractivity contribution in [2.24, 2.45) is 0 Å². The van der Waals surface area contributed by atoms with Gasteiger partial charge in [-0.15, -0.1) is 11.3 Å². The van der Waals surface area contributed by atoms with Gasteiger partial charge >= 0.3 is 0 Å². The Labute approximate surface area is 193 Å². The number of fused-ring (bicyclic) bond motifs is 1. The lowest BCUT2D eigenvalue weighted by Crippen LogP contribution is -2.37. The van der Waals surface area contributed by atoms with Crippen LogP contribution < -0.4 is 10.1 Å². The van der Waals surface area contributed by atoms with E-state index in [2.05, 4.69) is 16.3 Å². The number of nitrogens with zero attached hydrogens (tertiary/aromatic N) is 3. The SMILES string of the molecule is COc1ccccc1[C@H](CNC(=O)c1sc2nc(C3CC3)nc(C)c2c1C)N1CCCC1. The maximum Gasteiger partial charge on any atom is 0.261 e. The number of aromatic nitrogens is 2. The number of thiophene rings is 1. The molecule has 1 aliphatic carbocycles. The number of benzene rings is 1. The minimum Gasteiger partial charge on any atom is -0.496 e. The van der Waals surface area contributed by atoms with Crippen LogP contribution >= 0.6 is 11.3 Å². The molecule has 0 unspecified atom stereocenters. The number of hydrogen-bond donors (Lipinski definition) is 1. The summed E-state index contributed by atoms with van der Waals surface area (Å²) in [6.45, 7) is 6.67. The van der Waals surface area contributed by atoms with Crippen molar-refractivity contribution in [1.82, 2.24) is 20.2 Å². The molecule has 3 heterocycles. The van der Waals surface area contributed by atoms with Gasteiger partial charge in [-0.2, -0.15) is 0 Å². The molecule has 1 aromatic carbocycles. The highest BCUT2D eigenvalue weighted by atomic mass is 32.1. The van der Waals surface area contributed by atoms with Crippen LogP contribution in [-0.2, 0) is 0 Å². The van der Waals surface area contributed by atoms with Gasteiger partial charge in [-0.25, -0.2) is 9.97 Å². The van der Waals surface area contributed by atoms with E-state index in [1.165, 1.54) is 37.0 Å². The largest absolute Gasteiger partial charge is 0.496 e. The molecular formula is C25H30N4O2S. The Bertz CT molecular complexity index is 1150. The fourth-order valence-electron chi connectivity index (χ4n) is 4.80. The quantitative estimate of drug-likeness (QED) is 0.562. The van der Waals surface area contributed by atoms with E-state index in [0.717, 1.165) is 56.6 Å². The molecule has 2 fully saturated rings. The molecule has 1 amide bonds. The first kappa shape index (κ1) is 21.3. The van der Waals surface area contributed by atoms with Crippen molar-refractivity contribution in [3.05, 3.63) is 51.8 Å². The van der Waals surface area contributed by atoms with Crippen molar-refractivity contribution in [3.63, 3.8) is 0 Å². The zero-order valence-corrected chi connectivity index (χ0v) is 19.8. The zero-order valence-electron chi connectivity index (χ0n) is 19.0. The molecule has 0 spiro atoms. The van der Waals surface area contributed by atoms with Crippen LogP contribution in [0.4, 0.5) is 0 Å². The molecule has 1 N–H and O–H groups in total. The number of ether oxygens (including phenoxy) is 1. The Morgan fingerprint density at radius 1 is 1.22 bits per heavy atom. The summed E-state index contributed by atoms with van der Waals surface area (Å²) in [5, 5.41) is 4.26. The van der Waals surface area contributed by atoms with Gasteiger partial charge in [0.25, 0.3) is 5.91 Å². The molecule has 1 atom stereocenters. The van der Waals surface area contributed by atoms with Gasteiger partial charge in [0.05, 0.1) is 23.7 Å². The second-order valence-corrected chi connectivity index (χ2v) is 9.89. The number of hydrogen-bond acceptors (Lipinski definition) is 6. The maximum absolute atomic E-state index is 13.3. The molecular weight excluding hydrogens is 420 g/mol. The summed E-state index contributed by atoms with van der Waals surface area (Å²) in [7, 11) is 1.71. The van der Waals surface area contributed by atoms with E-state index in [1.54, 1.807) is 7.11 Å². The van der Waals surface area contributed by atoms with Crippen molar-refractivity contribution in [1.29, 1.82) is 0 Å².